The number of halogens is 3. The number of hydrogen-bond donors (Lipinski definition) is 0. The molecule has 0 aromatic rings. The van der Waals surface area contributed by atoms with Crippen molar-refractivity contribution in [2.24, 2.45) is 0 Å². The van der Waals surface area contributed by atoms with Crippen LogP contribution in [0.25, 0.3) is 0 Å². The third-order valence-corrected chi connectivity index (χ3v) is 3.35. The summed E-state index contributed by atoms with van der Waals surface area (Å²) < 4.78 is 40.1. The zero-order valence-corrected chi connectivity index (χ0v) is 11.0. The average molecular weight is 284 g/mol. The van der Waals surface area contributed by atoms with E-state index in [0.29, 0.717) is 11.8 Å². The van der Waals surface area contributed by atoms with Crippen molar-refractivity contribution in [3.05, 3.63) is 12.7 Å². The first-order valence-electron chi connectivity index (χ1n) is 5.30. The van der Waals surface area contributed by atoms with Crippen molar-refractivity contribution in [3.8, 4) is 0 Å². The molecule has 0 saturated carbocycles. The third kappa shape index (κ3) is 3.76. The zero-order chi connectivity index (χ0) is 14.4. The highest BCUT2D eigenvalue weighted by Gasteiger charge is 2.57. The van der Waals surface area contributed by atoms with Crippen molar-refractivity contribution in [1.29, 1.82) is 0 Å². The summed E-state index contributed by atoms with van der Waals surface area (Å²) >= 11 is 0.616. The summed E-state index contributed by atoms with van der Waals surface area (Å²) in [6, 6.07) is 0. The van der Waals surface area contributed by atoms with E-state index in [1.54, 1.807) is 6.92 Å². The largest absolute Gasteiger partial charge is 0.465 e. The third-order valence-electron chi connectivity index (χ3n) is 2.05. The van der Waals surface area contributed by atoms with Crippen molar-refractivity contribution in [2.45, 2.75) is 31.2 Å². The minimum Gasteiger partial charge on any atom is -0.465 e. The van der Waals surface area contributed by atoms with Crippen LogP contribution in [0.2, 0.25) is 0 Å². The molecule has 18 heavy (non-hydrogen) atoms. The lowest BCUT2D eigenvalue weighted by Gasteiger charge is -2.28. The van der Waals surface area contributed by atoms with Crippen LogP contribution < -0.4 is 0 Å². The number of thioether (sulfide) groups is 1. The van der Waals surface area contributed by atoms with Crippen LogP contribution >= 0.6 is 11.8 Å². The Morgan fingerprint density at radius 2 is 1.89 bits per heavy atom. The van der Waals surface area contributed by atoms with Crippen molar-refractivity contribution >= 4 is 23.5 Å². The lowest BCUT2D eigenvalue weighted by atomic mass is 9.98. The lowest BCUT2D eigenvalue weighted by molar-refractivity contribution is -0.178. The highest BCUT2D eigenvalue weighted by atomic mass is 32.2. The molecule has 0 radical (unpaired) electrons. The van der Waals surface area contributed by atoms with Crippen molar-refractivity contribution in [3.63, 3.8) is 0 Å². The van der Waals surface area contributed by atoms with Crippen molar-refractivity contribution < 1.29 is 27.5 Å². The topological polar surface area (TPSA) is 43.4 Å². The van der Waals surface area contributed by atoms with Gasteiger partial charge in [0, 0.05) is 0 Å². The number of Topliss-reactive ketones (excluding diaryl/α,β-unsaturated/α-hetero) is 1. The second-order valence-corrected chi connectivity index (χ2v) is 4.86. The monoisotopic (exact) mass is 284 g/mol. The van der Waals surface area contributed by atoms with Gasteiger partial charge in [0.25, 0.3) is 5.78 Å². The molecule has 0 N–H and O–H groups in total. The Morgan fingerprint density at radius 1 is 1.33 bits per heavy atom. The molecule has 0 spiro atoms. The number of rotatable bonds is 7. The Bertz CT molecular complexity index is 328. The molecule has 1 atom stereocenters. The first-order valence-corrected chi connectivity index (χ1v) is 6.28. The predicted molar refractivity (Wildman–Crippen MR) is 63.4 cm³/mol. The predicted octanol–water partition coefficient (Wildman–Crippen LogP) is 2.75. The molecular weight excluding hydrogens is 269 g/mol. The summed E-state index contributed by atoms with van der Waals surface area (Å²) in [5.41, 5.74) is 0. The first-order chi connectivity index (χ1) is 8.26. The van der Waals surface area contributed by atoms with Crippen LogP contribution in [-0.2, 0) is 14.3 Å². The van der Waals surface area contributed by atoms with E-state index in [9.17, 15) is 22.8 Å². The Kier molecular flexibility index (Phi) is 6.45. The average Bonchev–Trinajstić information content (AvgIpc) is 2.26. The molecule has 0 bridgehead atoms. The van der Waals surface area contributed by atoms with Crippen molar-refractivity contribution in [1.82, 2.24) is 0 Å². The normalized spacial score (nSPS) is 14.7. The summed E-state index contributed by atoms with van der Waals surface area (Å²) in [5.74, 6) is -3.09. The number of hydrogen-bond acceptors (Lipinski definition) is 4. The number of carbonyl (C=O) groups is 2. The Hall–Kier alpha value is -0.980. The summed E-state index contributed by atoms with van der Waals surface area (Å²) in [6.07, 6.45) is -4.39. The molecule has 7 heteroatoms. The lowest BCUT2D eigenvalue weighted by Crippen LogP contribution is -2.51. The van der Waals surface area contributed by atoms with Gasteiger partial charge in [-0.15, -0.1) is 18.3 Å². The molecule has 104 valence electrons. The molecule has 0 aliphatic heterocycles. The van der Waals surface area contributed by atoms with Crippen LogP contribution in [0.3, 0.4) is 0 Å². The van der Waals surface area contributed by atoms with E-state index in [2.05, 4.69) is 11.3 Å². The first kappa shape index (κ1) is 17.0. The number of carbonyl (C=O) groups excluding carboxylic acids is 2. The van der Waals surface area contributed by atoms with Gasteiger partial charge in [-0.05, 0) is 19.1 Å². The van der Waals surface area contributed by atoms with Gasteiger partial charge in [0.15, 0.2) is 4.75 Å². The molecular formula is C11H15F3O3S. The van der Waals surface area contributed by atoms with Gasteiger partial charge in [0.2, 0.25) is 0 Å². The van der Waals surface area contributed by atoms with Crippen LogP contribution in [0.1, 0.15) is 20.3 Å². The highest BCUT2D eigenvalue weighted by Crippen LogP contribution is 2.38. The molecule has 0 aliphatic carbocycles. The van der Waals surface area contributed by atoms with E-state index in [1.807, 2.05) is 0 Å². The maximum absolute atomic E-state index is 12.6. The quantitative estimate of drug-likeness (QED) is 0.409. The second-order valence-electron chi connectivity index (χ2n) is 3.30. The Balaban J connectivity index is 5.53. The SMILES string of the molecule is C=CCC(SCC)(C(=O)OCC)C(=O)C(F)(F)F. The fourth-order valence-electron chi connectivity index (χ4n) is 1.38. The van der Waals surface area contributed by atoms with E-state index in [0.717, 1.165) is 6.08 Å². The minimum atomic E-state index is -5.09. The van der Waals surface area contributed by atoms with Gasteiger partial charge in [-0.1, -0.05) is 13.0 Å². The van der Waals surface area contributed by atoms with Gasteiger partial charge in [0.1, 0.15) is 0 Å². The summed E-state index contributed by atoms with van der Waals surface area (Å²) in [6.45, 7) is 6.23. The number of alkyl halides is 3. The number of allylic oxidation sites excluding steroid dienone is 1. The van der Waals surface area contributed by atoms with Crippen LogP contribution in [0.15, 0.2) is 12.7 Å². The molecule has 0 rings (SSSR count). The molecule has 0 saturated heterocycles. The van der Waals surface area contributed by atoms with Crippen LogP contribution in [0, 0.1) is 0 Å². The van der Waals surface area contributed by atoms with Gasteiger partial charge in [0.05, 0.1) is 6.61 Å². The fraction of sp³-hybridized carbons (Fsp3) is 0.636. The molecule has 0 fully saturated rings. The van der Waals surface area contributed by atoms with Crippen LogP contribution in [0.5, 0.6) is 0 Å². The zero-order valence-electron chi connectivity index (χ0n) is 10.2. The highest BCUT2D eigenvalue weighted by molar-refractivity contribution is 8.02. The summed E-state index contributed by atoms with van der Waals surface area (Å²) in [5, 5.41) is 0. The summed E-state index contributed by atoms with van der Waals surface area (Å²) in [4.78, 5) is 23.2. The molecule has 3 nitrogen and oxygen atoms in total. The molecule has 0 aliphatic rings. The van der Waals surface area contributed by atoms with Gasteiger partial charge >= 0.3 is 12.1 Å². The number of esters is 1. The molecule has 0 amide bonds. The van der Waals surface area contributed by atoms with E-state index in [1.165, 1.54) is 6.92 Å². The van der Waals surface area contributed by atoms with Gasteiger partial charge in [-0.3, -0.25) is 9.59 Å². The Labute approximate surface area is 108 Å². The van der Waals surface area contributed by atoms with E-state index in [4.69, 9.17) is 0 Å². The Morgan fingerprint density at radius 3 is 2.22 bits per heavy atom. The van der Waals surface area contributed by atoms with E-state index < -0.39 is 29.1 Å². The van der Waals surface area contributed by atoms with Gasteiger partial charge < -0.3 is 4.74 Å². The molecule has 0 aromatic heterocycles. The second kappa shape index (κ2) is 6.82. The number of ketones is 1. The van der Waals surface area contributed by atoms with E-state index >= 15 is 0 Å². The smallest absolute Gasteiger partial charge is 0.452 e. The fourth-order valence-corrected chi connectivity index (χ4v) is 2.53. The van der Waals surface area contributed by atoms with Crippen LogP contribution in [0.4, 0.5) is 13.2 Å². The molecule has 0 aromatic carbocycles. The molecule has 0 heterocycles. The van der Waals surface area contributed by atoms with Crippen molar-refractivity contribution in [2.75, 3.05) is 12.4 Å². The number of ether oxygens (including phenoxy) is 1. The van der Waals surface area contributed by atoms with E-state index in [-0.39, 0.29) is 12.4 Å². The standard InChI is InChI=1S/C11H15F3O3S/c1-4-7-10(18-6-3,9(16)17-5-2)8(15)11(12,13)14/h4H,1,5-7H2,2-3H3. The van der Waals surface area contributed by atoms with Crippen LogP contribution in [-0.4, -0.2) is 35.0 Å². The summed E-state index contributed by atoms with van der Waals surface area (Å²) in [7, 11) is 0. The van der Waals surface area contributed by atoms with Gasteiger partial charge in [-0.2, -0.15) is 13.2 Å². The van der Waals surface area contributed by atoms with Gasteiger partial charge in [-0.25, -0.2) is 0 Å². The minimum absolute atomic E-state index is 0.0901. The maximum Gasteiger partial charge on any atom is 0.452 e. The molecule has 1 unspecified atom stereocenters. The maximum atomic E-state index is 12.6.